The molecule has 3 rings (SSSR count). The van der Waals surface area contributed by atoms with E-state index in [1.54, 1.807) is 11.8 Å². The van der Waals surface area contributed by atoms with E-state index in [1.807, 2.05) is 97.9 Å². The molecule has 3 aromatic carbocycles. The average Bonchev–Trinajstić information content (AvgIpc) is 2.64. The van der Waals surface area contributed by atoms with E-state index in [0.29, 0.717) is 0 Å². The monoisotopic (exact) mass is 363 g/mol. The van der Waals surface area contributed by atoms with Crippen molar-refractivity contribution in [3.63, 3.8) is 0 Å². The third-order valence-electron chi connectivity index (χ3n) is 3.75. The number of para-hydroxylation sites is 1. The molecule has 4 nitrogen and oxygen atoms in total. The molecule has 0 aliphatic heterocycles. The molecule has 0 heterocycles. The van der Waals surface area contributed by atoms with Crippen molar-refractivity contribution in [2.45, 2.75) is 9.79 Å². The lowest BCUT2D eigenvalue weighted by molar-refractivity contribution is 0.262. The molecule has 3 aromatic rings. The molecule has 2 N–H and O–H groups in total. The zero-order chi connectivity index (χ0) is 18.4. The van der Waals surface area contributed by atoms with Crippen LogP contribution in [-0.4, -0.2) is 20.1 Å². The van der Waals surface area contributed by atoms with Crippen molar-refractivity contribution in [1.29, 1.82) is 0 Å². The number of hydrogen-bond acceptors (Lipinski definition) is 3. The Morgan fingerprint density at radius 3 is 2.15 bits per heavy atom. The van der Waals surface area contributed by atoms with Gasteiger partial charge in [0.15, 0.2) is 0 Å². The molecule has 0 bridgehead atoms. The highest BCUT2D eigenvalue weighted by Crippen LogP contribution is 2.33. The van der Waals surface area contributed by atoms with Gasteiger partial charge >= 0.3 is 6.03 Å². The van der Waals surface area contributed by atoms with Gasteiger partial charge < -0.3 is 15.5 Å². The summed E-state index contributed by atoms with van der Waals surface area (Å²) in [6.45, 7) is 0. The molecule has 0 aliphatic carbocycles. The fraction of sp³-hybridized carbons (Fsp3) is 0.0952. The molecule has 0 saturated heterocycles. The number of hydrogen-bond donors (Lipinski definition) is 2. The Kier molecular flexibility index (Phi) is 5.81. The van der Waals surface area contributed by atoms with Crippen molar-refractivity contribution in [3.8, 4) is 0 Å². The molecular formula is C21H21N3OS. The first kappa shape index (κ1) is 17.9. The number of carbonyl (C=O) groups excluding carboxylic acids is 1. The van der Waals surface area contributed by atoms with Crippen LogP contribution < -0.4 is 15.5 Å². The maximum atomic E-state index is 12.4. The van der Waals surface area contributed by atoms with Crippen molar-refractivity contribution in [3.05, 3.63) is 78.9 Å². The summed E-state index contributed by atoms with van der Waals surface area (Å²) in [4.78, 5) is 16.5. The zero-order valence-electron chi connectivity index (χ0n) is 14.8. The molecule has 0 unspecified atom stereocenters. The van der Waals surface area contributed by atoms with Crippen LogP contribution in [0.25, 0.3) is 0 Å². The van der Waals surface area contributed by atoms with Crippen LogP contribution in [0.15, 0.2) is 88.7 Å². The predicted molar refractivity (Wildman–Crippen MR) is 110 cm³/mol. The molecule has 5 heteroatoms. The lowest BCUT2D eigenvalue weighted by atomic mass is 10.2. The average molecular weight is 363 g/mol. The number of benzene rings is 3. The lowest BCUT2D eigenvalue weighted by Crippen LogP contribution is -2.19. The highest BCUT2D eigenvalue weighted by molar-refractivity contribution is 7.99. The molecule has 0 radical (unpaired) electrons. The van der Waals surface area contributed by atoms with Crippen molar-refractivity contribution in [2.75, 3.05) is 29.6 Å². The van der Waals surface area contributed by atoms with Gasteiger partial charge in [0.25, 0.3) is 0 Å². The number of anilines is 3. The molecule has 2 amide bonds. The quantitative estimate of drug-likeness (QED) is 0.625. The van der Waals surface area contributed by atoms with E-state index in [4.69, 9.17) is 0 Å². The van der Waals surface area contributed by atoms with Crippen LogP contribution in [0, 0.1) is 0 Å². The minimum Gasteiger partial charge on any atom is -0.378 e. The third kappa shape index (κ3) is 4.80. The van der Waals surface area contributed by atoms with Crippen molar-refractivity contribution in [1.82, 2.24) is 0 Å². The molecule has 0 aromatic heterocycles. The smallest absolute Gasteiger partial charge is 0.323 e. The number of carbonyl (C=O) groups is 1. The van der Waals surface area contributed by atoms with Gasteiger partial charge in [-0.05, 0) is 48.5 Å². The van der Waals surface area contributed by atoms with Gasteiger partial charge in [-0.2, -0.15) is 0 Å². The first-order valence-electron chi connectivity index (χ1n) is 8.29. The van der Waals surface area contributed by atoms with Crippen molar-refractivity contribution in [2.24, 2.45) is 0 Å². The normalized spacial score (nSPS) is 10.2. The molecule has 132 valence electrons. The summed E-state index contributed by atoms with van der Waals surface area (Å²) >= 11 is 1.62. The van der Waals surface area contributed by atoms with Crippen LogP contribution in [0.1, 0.15) is 0 Å². The van der Waals surface area contributed by atoms with Crippen LogP contribution >= 0.6 is 11.8 Å². The first-order valence-corrected chi connectivity index (χ1v) is 9.11. The largest absolute Gasteiger partial charge is 0.378 e. The number of nitrogens with zero attached hydrogens (tertiary/aromatic N) is 1. The first-order chi connectivity index (χ1) is 12.6. The topological polar surface area (TPSA) is 44.4 Å². The molecule has 0 aliphatic rings. The van der Waals surface area contributed by atoms with E-state index in [9.17, 15) is 4.79 Å². The Hall–Kier alpha value is -2.92. The van der Waals surface area contributed by atoms with Crippen LogP contribution in [0.2, 0.25) is 0 Å². The molecule has 0 fully saturated rings. The Morgan fingerprint density at radius 1 is 0.808 bits per heavy atom. The van der Waals surface area contributed by atoms with Gasteiger partial charge in [0.2, 0.25) is 0 Å². The van der Waals surface area contributed by atoms with E-state index in [0.717, 1.165) is 26.9 Å². The Morgan fingerprint density at radius 2 is 1.46 bits per heavy atom. The minimum absolute atomic E-state index is 0.260. The summed E-state index contributed by atoms with van der Waals surface area (Å²) < 4.78 is 0. The van der Waals surface area contributed by atoms with Crippen LogP contribution in [-0.2, 0) is 0 Å². The fourth-order valence-electron chi connectivity index (χ4n) is 2.40. The maximum Gasteiger partial charge on any atom is 0.323 e. The second-order valence-corrected chi connectivity index (χ2v) is 7.05. The van der Waals surface area contributed by atoms with Gasteiger partial charge in [0.05, 0.1) is 5.69 Å². The third-order valence-corrected chi connectivity index (χ3v) is 4.83. The predicted octanol–water partition coefficient (Wildman–Crippen LogP) is 5.55. The van der Waals surface area contributed by atoms with E-state index >= 15 is 0 Å². The number of nitrogens with one attached hydrogen (secondary N) is 2. The summed E-state index contributed by atoms with van der Waals surface area (Å²) in [6.07, 6.45) is 0. The summed E-state index contributed by atoms with van der Waals surface area (Å²) in [5.41, 5.74) is 2.62. The summed E-state index contributed by atoms with van der Waals surface area (Å²) in [7, 11) is 3.97. The summed E-state index contributed by atoms with van der Waals surface area (Å²) in [5.74, 6) is 0. The van der Waals surface area contributed by atoms with Gasteiger partial charge in [-0.25, -0.2) is 4.79 Å². The van der Waals surface area contributed by atoms with Gasteiger partial charge in [0.1, 0.15) is 0 Å². The van der Waals surface area contributed by atoms with E-state index in [2.05, 4.69) is 10.6 Å². The minimum atomic E-state index is -0.260. The van der Waals surface area contributed by atoms with Crippen LogP contribution in [0.5, 0.6) is 0 Å². The number of rotatable bonds is 5. The Balaban J connectivity index is 1.67. The molecule has 0 atom stereocenters. The number of amides is 2. The van der Waals surface area contributed by atoms with Gasteiger partial charge in [0, 0.05) is 35.3 Å². The molecule has 0 spiro atoms. The zero-order valence-corrected chi connectivity index (χ0v) is 15.6. The fourth-order valence-corrected chi connectivity index (χ4v) is 3.32. The molecule has 26 heavy (non-hydrogen) atoms. The van der Waals surface area contributed by atoms with E-state index < -0.39 is 0 Å². The highest BCUT2D eigenvalue weighted by Gasteiger charge is 2.08. The van der Waals surface area contributed by atoms with Crippen LogP contribution in [0.3, 0.4) is 0 Å². The Labute approximate surface area is 158 Å². The molecular weight excluding hydrogens is 342 g/mol. The number of urea groups is 1. The lowest BCUT2D eigenvalue weighted by Gasteiger charge is -2.14. The van der Waals surface area contributed by atoms with Gasteiger partial charge in [-0.15, -0.1) is 0 Å². The summed E-state index contributed by atoms with van der Waals surface area (Å²) in [6, 6.07) is 25.3. The maximum absolute atomic E-state index is 12.4. The highest BCUT2D eigenvalue weighted by atomic mass is 32.2. The molecule has 0 saturated carbocycles. The second-order valence-electron chi connectivity index (χ2n) is 5.93. The van der Waals surface area contributed by atoms with Crippen molar-refractivity contribution >= 4 is 34.9 Å². The standard InChI is InChI=1S/C21H21N3OS/c1-24(2)17-14-12-16(13-15-17)22-21(25)23-19-10-6-7-11-20(19)26-18-8-4-3-5-9-18/h3-15H,1-2H3,(H2,22,23,25). The van der Waals surface area contributed by atoms with E-state index in [-0.39, 0.29) is 6.03 Å². The SMILES string of the molecule is CN(C)c1ccc(NC(=O)Nc2ccccc2Sc2ccccc2)cc1. The van der Waals surface area contributed by atoms with E-state index in [1.165, 1.54) is 0 Å². The van der Waals surface area contributed by atoms with Crippen LogP contribution in [0.4, 0.5) is 21.9 Å². The van der Waals surface area contributed by atoms with Gasteiger partial charge in [-0.3, -0.25) is 0 Å². The van der Waals surface area contributed by atoms with Crippen molar-refractivity contribution < 1.29 is 4.79 Å². The summed E-state index contributed by atoms with van der Waals surface area (Å²) in [5, 5.41) is 5.81. The van der Waals surface area contributed by atoms with Gasteiger partial charge in [-0.1, -0.05) is 42.1 Å². The second kappa shape index (κ2) is 8.45. The Bertz CT molecular complexity index is 864.